The molecule has 1 aliphatic carbocycles. The molecule has 1 saturated carbocycles. The molecule has 1 aromatic heterocycles. The summed E-state index contributed by atoms with van der Waals surface area (Å²) >= 11 is 0. The highest BCUT2D eigenvalue weighted by Crippen LogP contribution is 2.43. The number of benzene rings is 1. The molecule has 1 fully saturated rings. The molecule has 100 valence electrons. The average molecular weight is 254 g/mol. The van der Waals surface area contributed by atoms with Gasteiger partial charge in [-0.25, -0.2) is 0 Å². The first kappa shape index (κ1) is 12.6. The van der Waals surface area contributed by atoms with Crippen LogP contribution in [0.25, 0.3) is 10.8 Å². The van der Waals surface area contributed by atoms with Gasteiger partial charge < -0.3 is 5.73 Å². The Balaban J connectivity index is 2.16. The van der Waals surface area contributed by atoms with Crippen LogP contribution < -0.4 is 5.73 Å². The standard InChI is InChI=1S/C17H22N2/c1-2-14-7-3-4-10-17(14,18)16-8-5-6-13-12-19-11-9-15(13)16/h5-6,8-9,11-12,14H,2-4,7,10,18H2,1H3. The molecule has 2 aromatic rings. The summed E-state index contributed by atoms with van der Waals surface area (Å²) < 4.78 is 0. The van der Waals surface area contributed by atoms with E-state index in [9.17, 15) is 0 Å². The van der Waals surface area contributed by atoms with E-state index in [0.717, 1.165) is 12.8 Å². The molecule has 2 atom stereocenters. The second-order valence-electron chi connectivity index (χ2n) is 5.79. The third-order valence-corrected chi connectivity index (χ3v) is 4.80. The maximum Gasteiger partial charge on any atom is 0.0444 e. The fraction of sp³-hybridized carbons (Fsp3) is 0.471. The lowest BCUT2D eigenvalue weighted by Crippen LogP contribution is -2.46. The molecule has 2 heteroatoms. The molecular weight excluding hydrogens is 232 g/mol. The lowest BCUT2D eigenvalue weighted by Gasteiger charge is -2.42. The van der Waals surface area contributed by atoms with E-state index in [1.165, 1.54) is 35.6 Å². The van der Waals surface area contributed by atoms with Crippen molar-refractivity contribution in [2.75, 3.05) is 0 Å². The SMILES string of the molecule is CCC1CCCCC1(N)c1cccc2cnccc12. The summed E-state index contributed by atoms with van der Waals surface area (Å²) in [6.07, 6.45) is 9.91. The van der Waals surface area contributed by atoms with Gasteiger partial charge in [0, 0.05) is 23.3 Å². The van der Waals surface area contributed by atoms with Gasteiger partial charge in [-0.2, -0.15) is 0 Å². The van der Waals surface area contributed by atoms with Crippen LogP contribution in [0.4, 0.5) is 0 Å². The minimum absolute atomic E-state index is 0.159. The number of pyridine rings is 1. The van der Waals surface area contributed by atoms with E-state index in [0.29, 0.717) is 5.92 Å². The number of rotatable bonds is 2. The Morgan fingerprint density at radius 3 is 3.05 bits per heavy atom. The van der Waals surface area contributed by atoms with Crippen molar-refractivity contribution in [1.29, 1.82) is 0 Å². The smallest absolute Gasteiger partial charge is 0.0444 e. The van der Waals surface area contributed by atoms with Crippen LogP contribution in [0.2, 0.25) is 0 Å². The molecule has 1 heterocycles. The van der Waals surface area contributed by atoms with Crippen LogP contribution in [0.5, 0.6) is 0 Å². The number of nitrogens with two attached hydrogens (primary N) is 1. The molecule has 2 unspecified atom stereocenters. The van der Waals surface area contributed by atoms with Crippen LogP contribution in [0.3, 0.4) is 0 Å². The number of fused-ring (bicyclic) bond motifs is 1. The normalized spacial score (nSPS) is 27.6. The molecule has 19 heavy (non-hydrogen) atoms. The zero-order chi connectivity index (χ0) is 13.3. The van der Waals surface area contributed by atoms with Gasteiger partial charge in [0.2, 0.25) is 0 Å². The molecular formula is C17H22N2. The molecule has 3 rings (SSSR count). The number of aromatic nitrogens is 1. The summed E-state index contributed by atoms with van der Waals surface area (Å²) in [6.45, 7) is 2.27. The van der Waals surface area contributed by atoms with Crippen molar-refractivity contribution in [2.45, 2.75) is 44.6 Å². The van der Waals surface area contributed by atoms with E-state index in [2.05, 4.69) is 36.2 Å². The van der Waals surface area contributed by atoms with Gasteiger partial charge >= 0.3 is 0 Å². The fourth-order valence-electron chi connectivity index (χ4n) is 3.72. The first-order valence-corrected chi connectivity index (χ1v) is 7.38. The average Bonchev–Trinajstić information content (AvgIpc) is 2.47. The molecule has 2 N–H and O–H groups in total. The molecule has 0 aliphatic heterocycles. The molecule has 1 aromatic carbocycles. The summed E-state index contributed by atoms with van der Waals surface area (Å²) in [5.74, 6) is 0.597. The fourth-order valence-corrected chi connectivity index (χ4v) is 3.72. The minimum atomic E-state index is -0.159. The van der Waals surface area contributed by atoms with Crippen molar-refractivity contribution < 1.29 is 0 Å². The van der Waals surface area contributed by atoms with E-state index < -0.39 is 0 Å². The van der Waals surface area contributed by atoms with E-state index in [4.69, 9.17) is 5.73 Å². The van der Waals surface area contributed by atoms with Gasteiger partial charge in [-0.1, -0.05) is 44.4 Å². The Morgan fingerprint density at radius 1 is 1.32 bits per heavy atom. The highest BCUT2D eigenvalue weighted by atomic mass is 14.8. The summed E-state index contributed by atoms with van der Waals surface area (Å²) in [4.78, 5) is 4.22. The number of hydrogen-bond donors (Lipinski definition) is 1. The monoisotopic (exact) mass is 254 g/mol. The van der Waals surface area contributed by atoms with Gasteiger partial charge in [0.25, 0.3) is 0 Å². The predicted molar refractivity (Wildman–Crippen MR) is 79.9 cm³/mol. The molecule has 1 aliphatic rings. The largest absolute Gasteiger partial charge is 0.321 e. The van der Waals surface area contributed by atoms with Crippen molar-refractivity contribution in [3.05, 3.63) is 42.2 Å². The van der Waals surface area contributed by atoms with Crippen LogP contribution >= 0.6 is 0 Å². The first-order chi connectivity index (χ1) is 9.25. The van der Waals surface area contributed by atoms with Crippen LogP contribution in [0.15, 0.2) is 36.7 Å². The zero-order valence-corrected chi connectivity index (χ0v) is 11.6. The molecule has 0 radical (unpaired) electrons. The maximum atomic E-state index is 6.88. The highest BCUT2D eigenvalue weighted by Gasteiger charge is 2.38. The molecule has 2 nitrogen and oxygen atoms in total. The van der Waals surface area contributed by atoms with Gasteiger partial charge in [0.15, 0.2) is 0 Å². The lowest BCUT2D eigenvalue weighted by molar-refractivity contribution is 0.186. The van der Waals surface area contributed by atoms with Gasteiger partial charge in [-0.15, -0.1) is 0 Å². The van der Waals surface area contributed by atoms with Crippen LogP contribution in [-0.4, -0.2) is 4.98 Å². The summed E-state index contributed by atoms with van der Waals surface area (Å²) in [6, 6.07) is 8.57. The topological polar surface area (TPSA) is 38.9 Å². The molecule has 0 spiro atoms. The second-order valence-corrected chi connectivity index (χ2v) is 5.79. The summed E-state index contributed by atoms with van der Waals surface area (Å²) in [5, 5.41) is 2.48. The lowest BCUT2D eigenvalue weighted by atomic mass is 9.67. The van der Waals surface area contributed by atoms with Gasteiger partial charge in [0.1, 0.15) is 0 Å². The van der Waals surface area contributed by atoms with Crippen LogP contribution in [0, 0.1) is 5.92 Å². The van der Waals surface area contributed by atoms with Crippen molar-refractivity contribution in [3.63, 3.8) is 0 Å². The van der Waals surface area contributed by atoms with Crippen LogP contribution in [0.1, 0.15) is 44.6 Å². The van der Waals surface area contributed by atoms with E-state index in [1.54, 1.807) is 0 Å². The van der Waals surface area contributed by atoms with E-state index in [1.807, 2.05) is 12.4 Å². The Hall–Kier alpha value is -1.41. The summed E-state index contributed by atoms with van der Waals surface area (Å²) in [7, 11) is 0. The van der Waals surface area contributed by atoms with E-state index in [-0.39, 0.29) is 5.54 Å². The third-order valence-electron chi connectivity index (χ3n) is 4.80. The maximum absolute atomic E-state index is 6.88. The molecule has 0 amide bonds. The molecule has 0 saturated heterocycles. The Morgan fingerprint density at radius 2 is 2.21 bits per heavy atom. The van der Waals surface area contributed by atoms with Gasteiger partial charge in [-0.3, -0.25) is 4.98 Å². The minimum Gasteiger partial charge on any atom is -0.321 e. The Bertz CT molecular complexity index is 573. The second kappa shape index (κ2) is 4.93. The summed E-state index contributed by atoms with van der Waals surface area (Å²) in [5.41, 5.74) is 8.04. The predicted octanol–water partition coefficient (Wildman–Crippen LogP) is 3.99. The molecule has 0 bridgehead atoms. The number of hydrogen-bond acceptors (Lipinski definition) is 2. The van der Waals surface area contributed by atoms with E-state index >= 15 is 0 Å². The zero-order valence-electron chi connectivity index (χ0n) is 11.6. The van der Waals surface area contributed by atoms with Crippen LogP contribution in [-0.2, 0) is 5.54 Å². The van der Waals surface area contributed by atoms with Crippen molar-refractivity contribution >= 4 is 10.8 Å². The Labute approximate surface area is 115 Å². The first-order valence-electron chi connectivity index (χ1n) is 7.38. The van der Waals surface area contributed by atoms with Crippen molar-refractivity contribution in [3.8, 4) is 0 Å². The van der Waals surface area contributed by atoms with Gasteiger partial charge in [0.05, 0.1) is 0 Å². The quantitative estimate of drug-likeness (QED) is 0.880. The third kappa shape index (κ3) is 2.04. The highest BCUT2D eigenvalue weighted by molar-refractivity contribution is 5.85. The van der Waals surface area contributed by atoms with Crippen molar-refractivity contribution in [2.24, 2.45) is 11.7 Å². The van der Waals surface area contributed by atoms with Crippen molar-refractivity contribution in [1.82, 2.24) is 4.98 Å². The van der Waals surface area contributed by atoms with Gasteiger partial charge in [-0.05, 0) is 35.8 Å². The number of nitrogens with zero attached hydrogens (tertiary/aromatic N) is 1. The Kier molecular flexibility index (Phi) is 3.28.